The molecule has 2 N–H and O–H groups in total. The minimum Gasteiger partial charge on any atom is -0.478 e. The van der Waals surface area contributed by atoms with Gasteiger partial charge in [-0.05, 0) is 24.5 Å². The van der Waals surface area contributed by atoms with Gasteiger partial charge in [-0.25, -0.2) is 4.79 Å². The van der Waals surface area contributed by atoms with Gasteiger partial charge in [0.05, 0.1) is 24.7 Å². The Morgan fingerprint density at radius 3 is 2.52 bits per heavy atom. The zero-order chi connectivity index (χ0) is 16.5. The average molecular weight is 319 g/mol. The molecule has 23 heavy (non-hydrogen) atoms. The van der Waals surface area contributed by atoms with Crippen molar-refractivity contribution in [2.75, 3.05) is 13.2 Å². The molecule has 2 rings (SSSR count). The Labute approximate surface area is 137 Å². The summed E-state index contributed by atoms with van der Waals surface area (Å²) in [6.07, 6.45) is 7.65. The van der Waals surface area contributed by atoms with E-state index in [0.717, 1.165) is 12.8 Å². The van der Waals surface area contributed by atoms with Crippen molar-refractivity contribution in [3.05, 3.63) is 35.4 Å². The van der Waals surface area contributed by atoms with Crippen molar-refractivity contribution in [3.63, 3.8) is 0 Å². The number of rotatable bonds is 7. The first-order valence-corrected chi connectivity index (χ1v) is 8.36. The Morgan fingerprint density at radius 1 is 1.13 bits per heavy atom. The Bertz CT molecular complexity index is 522. The normalized spacial score (nSPS) is 15.8. The molecule has 0 saturated heterocycles. The number of hydrogen-bond acceptors (Lipinski definition) is 3. The second-order valence-corrected chi connectivity index (χ2v) is 5.97. The van der Waals surface area contributed by atoms with E-state index in [9.17, 15) is 9.59 Å². The van der Waals surface area contributed by atoms with Gasteiger partial charge in [0.2, 0.25) is 5.91 Å². The van der Waals surface area contributed by atoms with Gasteiger partial charge in [-0.1, -0.05) is 43.9 Å². The fourth-order valence-corrected chi connectivity index (χ4v) is 2.94. The van der Waals surface area contributed by atoms with Crippen molar-refractivity contribution >= 4 is 11.9 Å². The van der Waals surface area contributed by atoms with Crippen LogP contribution in [0.2, 0.25) is 0 Å². The van der Waals surface area contributed by atoms with Crippen molar-refractivity contribution in [1.29, 1.82) is 0 Å². The first-order chi connectivity index (χ1) is 11.2. The lowest BCUT2D eigenvalue weighted by Gasteiger charge is -2.15. The number of carbonyl (C=O) groups excluding carboxylic acids is 1. The molecular formula is C18H25NO4. The fourth-order valence-electron chi connectivity index (χ4n) is 2.94. The zero-order valence-corrected chi connectivity index (χ0v) is 13.4. The number of benzene rings is 1. The van der Waals surface area contributed by atoms with E-state index in [4.69, 9.17) is 9.84 Å². The highest BCUT2D eigenvalue weighted by atomic mass is 16.5. The second kappa shape index (κ2) is 9.30. The van der Waals surface area contributed by atoms with Crippen molar-refractivity contribution in [1.82, 2.24) is 5.32 Å². The molecular weight excluding hydrogens is 294 g/mol. The quantitative estimate of drug-likeness (QED) is 0.598. The van der Waals surface area contributed by atoms with Gasteiger partial charge < -0.3 is 15.2 Å². The highest BCUT2D eigenvalue weighted by Crippen LogP contribution is 2.19. The van der Waals surface area contributed by atoms with E-state index in [2.05, 4.69) is 5.32 Å². The summed E-state index contributed by atoms with van der Waals surface area (Å²) in [5.74, 6) is -1.19. The first kappa shape index (κ1) is 17.5. The molecule has 1 amide bonds. The van der Waals surface area contributed by atoms with E-state index in [1.807, 2.05) is 0 Å². The number of carbonyl (C=O) groups is 2. The lowest BCUT2D eigenvalue weighted by atomic mass is 10.0. The second-order valence-electron chi connectivity index (χ2n) is 5.97. The maximum absolute atomic E-state index is 11.9. The molecule has 0 bridgehead atoms. The number of carboxylic acid groups (broad SMARTS) is 1. The summed E-state index contributed by atoms with van der Waals surface area (Å²) in [5.41, 5.74) is 0.708. The van der Waals surface area contributed by atoms with Crippen molar-refractivity contribution in [2.45, 2.75) is 51.0 Å². The van der Waals surface area contributed by atoms with Crippen LogP contribution in [0.15, 0.2) is 24.3 Å². The van der Waals surface area contributed by atoms with Gasteiger partial charge in [-0.3, -0.25) is 4.79 Å². The topological polar surface area (TPSA) is 75.6 Å². The van der Waals surface area contributed by atoms with Crippen LogP contribution in [0.4, 0.5) is 0 Å². The third-order valence-corrected chi connectivity index (χ3v) is 4.18. The fraction of sp³-hybridized carbons (Fsp3) is 0.556. The third-order valence-electron chi connectivity index (χ3n) is 4.18. The third kappa shape index (κ3) is 6.02. The number of aromatic carboxylic acids is 1. The Morgan fingerprint density at radius 2 is 1.83 bits per heavy atom. The van der Waals surface area contributed by atoms with Gasteiger partial charge >= 0.3 is 5.97 Å². The van der Waals surface area contributed by atoms with Crippen molar-refractivity contribution in [2.24, 2.45) is 0 Å². The molecule has 0 heterocycles. The average Bonchev–Trinajstić information content (AvgIpc) is 2.80. The smallest absolute Gasteiger partial charge is 0.335 e. The Hall–Kier alpha value is -1.88. The van der Waals surface area contributed by atoms with Crippen LogP contribution in [0.25, 0.3) is 0 Å². The molecule has 0 radical (unpaired) electrons. The van der Waals surface area contributed by atoms with Gasteiger partial charge in [0.1, 0.15) is 0 Å². The van der Waals surface area contributed by atoms with Crippen LogP contribution < -0.4 is 5.32 Å². The predicted molar refractivity (Wildman–Crippen MR) is 87.6 cm³/mol. The molecule has 1 saturated carbocycles. The molecule has 0 aromatic heterocycles. The van der Waals surface area contributed by atoms with Gasteiger partial charge in [0.25, 0.3) is 0 Å². The maximum Gasteiger partial charge on any atom is 0.335 e. The van der Waals surface area contributed by atoms with Crippen LogP contribution in [0, 0.1) is 0 Å². The number of nitrogens with one attached hydrogen (secondary N) is 1. The van der Waals surface area contributed by atoms with E-state index in [-0.39, 0.29) is 17.9 Å². The zero-order valence-electron chi connectivity index (χ0n) is 13.4. The van der Waals surface area contributed by atoms with Crippen LogP contribution in [-0.4, -0.2) is 36.2 Å². The van der Waals surface area contributed by atoms with Crippen LogP contribution >= 0.6 is 0 Å². The Balaban J connectivity index is 1.70. The summed E-state index contributed by atoms with van der Waals surface area (Å²) in [4.78, 5) is 23.0. The van der Waals surface area contributed by atoms with Crippen LogP contribution in [-0.2, 0) is 16.0 Å². The lowest BCUT2D eigenvalue weighted by Crippen LogP contribution is -2.30. The summed E-state index contributed by atoms with van der Waals surface area (Å²) in [6.45, 7) is 0.974. The standard InChI is InChI=1S/C18H25NO4/c20-17(13-14-7-5-6-10-16(14)18(21)22)19-11-12-23-15-8-3-1-2-4-9-15/h5-7,10,15H,1-4,8-9,11-13H2,(H,19,20)(H,21,22). The molecule has 1 aliphatic rings. The SMILES string of the molecule is O=C(Cc1ccccc1C(=O)O)NCCOC1CCCCCC1. The van der Waals surface area contributed by atoms with E-state index in [1.165, 1.54) is 31.7 Å². The van der Waals surface area contributed by atoms with Crippen molar-refractivity contribution < 1.29 is 19.4 Å². The molecule has 0 aliphatic heterocycles. The van der Waals surface area contributed by atoms with Crippen LogP contribution in [0.5, 0.6) is 0 Å². The minimum absolute atomic E-state index is 0.0753. The first-order valence-electron chi connectivity index (χ1n) is 8.36. The Kier molecular flexibility index (Phi) is 7.07. The van der Waals surface area contributed by atoms with Gasteiger partial charge in [0, 0.05) is 6.54 Å². The molecule has 5 heteroatoms. The summed E-state index contributed by atoms with van der Waals surface area (Å²) in [7, 11) is 0. The van der Waals surface area contributed by atoms with Gasteiger partial charge in [-0.15, -0.1) is 0 Å². The van der Waals surface area contributed by atoms with E-state index in [0.29, 0.717) is 24.8 Å². The van der Waals surface area contributed by atoms with E-state index in [1.54, 1.807) is 18.2 Å². The van der Waals surface area contributed by atoms with Crippen LogP contribution in [0.1, 0.15) is 54.4 Å². The minimum atomic E-state index is -1.01. The lowest BCUT2D eigenvalue weighted by molar-refractivity contribution is -0.120. The molecule has 0 spiro atoms. The van der Waals surface area contributed by atoms with Gasteiger partial charge in [0.15, 0.2) is 0 Å². The molecule has 126 valence electrons. The molecule has 1 fully saturated rings. The maximum atomic E-state index is 11.9. The number of amides is 1. The molecule has 1 aliphatic carbocycles. The van der Waals surface area contributed by atoms with Crippen LogP contribution in [0.3, 0.4) is 0 Å². The highest BCUT2D eigenvalue weighted by Gasteiger charge is 2.14. The predicted octanol–water partition coefficient (Wildman–Crippen LogP) is 2.78. The summed E-state index contributed by atoms with van der Waals surface area (Å²) < 4.78 is 5.82. The summed E-state index contributed by atoms with van der Waals surface area (Å²) in [5, 5.41) is 11.9. The highest BCUT2D eigenvalue weighted by molar-refractivity contribution is 5.91. The molecule has 1 aromatic carbocycles. The monoisotopic (exact) mass is 319 g/mol. The number of ether oxygens (including phenoxy) is 1. The number of hydrogen-bond donors (Lipinski definition) is 2. The molecule has 0 atom stereocenters. The molecule has 1 aromatic rings. The van der Waals surface area contributed by atoms with Gasteiger partial charge in [-0.2, -0.15) is 0 Å². The summed E-state index contributed by atoms with van der Waals surface area (Å²) in [6, 6.07) is 6.58. The van der Waals surface area contributed by atoms with Crippen molar-refractivity contribution in [3.8, 4) is 0 Å². The largest absolute Gasteiger partial charge is 0.478 e. The molecule has 5 nitrogen and oxygen atoms in total. The summed E-state index contributed by atoms with van der Waals surface area (Å²) >= 11 is 0. The molecule has 0 unspecified atom stereocenters. The van der Waals surface area contributed by atoms with E-state index < -0.39 is 5.97 Å². The number of carboxylic acids is 1. The van der Waals surface area contributed by atoms with E-state index >= 15 is 0 Å².